The highest BCUT2D eigenvalue weighted by Gasteiger charge is 2.65. The molecular formula is C49H62N2O8. The Morgan fingerprint density at radius 1 is 0.932 bits per heavy atom. The number of fused-ring (bicyclic) bond motifs is 2. The molecule has 1 amide bonds. The summed E-state index contributed by atoms with van der Waals surface area (Å²) in [6.45, 7) is 14.2. The smallest absolute Gasteiger partial charge is 0.409 e. The van der Waals surface area contributed by atoms with Crippen LogP contribution in [0.15, 0.2) is 115 Å². The monoisotopic (exact) mass is 806 g/mol. The Morgan fingerprint density at radius 3 is 2.31 bits per heavy atom. The first-order chi connectivity index (χ1) is 28.5. The van der Waals surface area contributed by atoms with E-state index in [9.17, 15) is 15.0 Å². The number of rotatable bonds is 19. The maximum Gasteiger partial charge on any atom is 0.409 e. The van der Waals surface area contributed by atoms with Crippen molar-refractivity contribution in [1.82, 2.24) is 4.90 Å². The number of aliphatic hydroxyl groups excluding tert-OH is 2. The predicted molar refractivity (Wildman–Crippen MR) is 232 cm³/mol. The van der Waals surface area contributed by atoms with Crippen molar-refractivity contribution in [3.63, 3.8) is 0 Å². The summed E-state index contributed by atoms with van der Waals surface area (Å²) in [5.41, 5.74) is 4.32. The van der Waals surface area contributed by atoms with E-state index in [1.54, 1.807) is 24.1 Å². The maximum absolute atomic E-state index is 13.9. The average Bonchev–Trinajstić information content (AvgIpc) is 3.23. The minimum absolute atomic E-state index is 0.0807. The van der Waals surface area contributed by atoms with E-state index in [0.717, 1.165) is 53.7 Å². The van der Waals surface area contributed by atoms with Gasteiger partial charge >= 0.3 is 6.09 Å². The second-order valence-electron chi connectivity index (χ2n) is 16.8. The van der Waals surface area contributed by atoms with Crippen LogP contribution in [0.2, 0.25) is 0 Å². The molecule has 0 spiro atoms. The van der Waals surface area contributed by atoms with Crippen LogP contribution in [0, 0.1) is 17.8 Å². The molecule has 6 unspecified atom stereocenters. The number of allylic oxidation sites excluding steroid dienone is 1. The molecule has 3 aromatic rings. The minimum Gasteiger partial charge on any atom is -0.459 e. The topological polar surface area (TPSA) is 119 Å². The maximum atomic E-state index is 13.9. The Bertz CT molecular complexity index is 1940. The number of unbranched alkanes of at least 4 members (excludes halogenated alkanes) is 2. The van der Waals surface area contributed by atoms with Crippen molar-refractivity contribution >= 4 is 11.8 Å². The summed E-state index contributed by atoms with van der Waals surface area (Å²) in [6, 6.07) is 23.6. The van der Waals surface area contributed by atoms with Crippen molar-refractivity contribution in [3.05, 3.63) is 115 Å². The van der Waals surface area contributed by atoms with Crippen molar-refractivity contribution in [3.8, 4) is 28.4 Å². The first-order valence-corrected chi connectivity index (χ1v) is 21.1. The molecule has 1 aliphatic heterocycles. The highest BCUT2D eigenvalue weighted by atomic mass is 16.7. The summed E-state index contributed by atoms with van der Waals surface area (Å²) in [7, 11) is 1.73. The molecule has 1 heterocycles. The molecule has 3 aliphatic rings. The Kier molecular flexibility index (Phi) is 14.7. The summed E-state index contributed by atoms with van der Waals surface area (Å²) in [6.07, 6.45) is 10.8. The second-order valence-corrected chi connectivity index (χ2v) is 16.8. The molecule has 0 bridgehead atoms. The Labute approximate surface area is 350 Å². The van der Waals surface area contributed by atoms with E-state index in [1.807, 2.05) is 63.2 Å². The summed E-state index contributed by atoms with van der Waals surface area (Å²) in [5.74, 6) is 0.219. The van der Waals surface area contributed by atoms with Crippen LogP contribution in [-0.2, 0) is 14.3 Å². The van der Waals surface area contributed by atoms with Gasteiger partial charge in [-0.05, 0) is 112 Å². The fraction of sp³-hybridized carbons (Fsp3) is 0.469. The van der Waals surface area contributed by atoms with Gasteiger partial charge in [-0.2, -0.15) is 0 Å². The van der Waals surface area contributed by atoms with E-state index in [0.29, 0.717) is 36.5 Å². The van der Waals surface area contributed by atoms with E-state index >= 15 is 0 Å². The van der Waals surface area contributed by atoms with Crippen LogP contribution in [0.1, 0.15) is 83.6 Å². The average molecular weight is 807 g/mol. The number of nitrogens with zero attached hydrogens (tertiary/aromatic N) is 2. The van der Waals surface area contributed by atoms with Gasteiger partial charge in [0.25, 0.3) is 0 Å². The number of hydrogen-bond donors (Lipinski definition) is 2. The van der Waals surface area contributed by atoms with Gasteiger partial charge in [-0.15, -0.1) is 13.2 Å². The standard InChI is InChI=1S/C49H62N2O8/c1-7-9-30-55-47(54)51(6)44-33-42(50-59-48(3,4)5)40-31-36(19-13-15-27-52)39(20-14-16-28-53)45-41-32-38(25-26-43(41)58-49(44,46(40)45)56-29-8-2)57-37-23-21-35(22-24-37)34-17-11-10-12-18-34/h7-8,10-12,17-18,21-26,31-32,36,39,44-46,52-53H,1-2,9,13-16,19-20,27-30,33H2,3-6H3. The quantitative estimate of drug-likeness (QED) is 0.0698. The van der Waals surface area contributed by atoms with Crippen LogP contribution in [0.4, 0.5) is 4.79 Å². The van der Waals surface area contributed by atoms with Gasteiger partial charge < -0.3 is 38.9 Å². The van der Waals surface area contributed by atoms with Gasteiger partial charge in [0.1, 0.15) is 28.9 Å². The zero-order chi connectivity index (χ0) is 42.0. The summed E-state index contributed by atoms with van der Waals surface area (Å²) >= 11 is 0. The van der Waals surface area contributed by atoms with Crippen LogP contribution in [0.3, 0.4) is 0 Å². The number of oxime groups is 1. The third kappa shape index (κ3) is 10.1. The molecule has 0 saturated heterocycles. The Hall–Kier alpha value is -4.90. The highest BCUT2D eigenvalue weighted by Crippen LogP contribution is 2.62. The molecule has 1 saturated carbocycles. The van der Waals surface area contributed by atoms with Crippen molar-refractivity contribution in [2.75, 3.05) is 33.5 Å². The third-order valence-electron chi connectivity index (χ3n) is 11.6. The number of carbonyl (C=O) groups excluding carboxylic acids is 1. The van der Waals surface area contributed by atoms with Crippen molar-refractivity contribution in [2.24, 2.45) is 22.9 Å². The molecule has 0 aromatic heterocycles. The lowest BCUT2D eigenvalue weighted by Crippen LogP contribution is -2.69. The zero-order valence-electron chi connectivity index (χ0n) is 35.2. The van der Waals surface area contributed by atoms with Crippen LogP contribution in [0.5, 0.6) is 17.2 Å². The van der Waals surface area contributed by atoms with E-state index in [2.05, 4.69) is 49.6 Å². The second kappa shape index (κ2) is 19.9. The van der Waals surface area contributed by atoms with Gasteiger partial charge in [-0.3, -0.25) is 0 Å². The molecule has 59 heavy (non-hydrogen) atoms. The minimum atomic E-state index is -1.37. The normalized spacial score (nSPS) is 23.9. The van der Waals surface area contributed by atoms with Crippen LogP contribution in [0.25, 0.3) is 11.1 Å². The molecule has 3 aromatic carbocycles. The van der Waals surface area contributed by atoms with Gasteiger partial charge in [-0.1, -0.05) is 78.7 Å². The fourth-order valence-electron chi connectivity index (χ4n) is 8.92. The van der Waals surface area contributed by atoms with Crippen molar-refractivity contribution < 1.29 is 38.8 Å². The molecule has 6 atom stereocenters. The lowest BCUT2D eigenvalue weighted by molar-refractivity contribution is -0.253. The van der Waals surface area contributed by atoms with Crippen molar-refractivity contribution in [1.29, 1.82) is 0 Å². The molecule has 10 nitrogen and oxygen atoms in total. The summed E-state index contributed by atoms with van der Waals surface area (Å²) < 4.78 is 26.5. The molecule has 2 aliphatic carbocycles. The van der Waals surface area contributed by atoms with Gasteiger partial charge in [0.05, 0.1) is 24.8 Å². The first kappa shape index (κ1) is 43.7. The summed E-state index contributed by atoms with van der Waals surface area (Å²) in [5, 5.41) is 24.6. The fourth-order valence-corrected chi connectivity index (χ4v) is 8.92. The Balaban J connectivity index is 1.52. The molecule has 0 radical (unpaired) electrons. The lowest BCUT2D eigenvalue weighted by atomic mass is 9.55. The number of ether oxygens (including phenoxy) is 4. The number of carbonyl (C=O) groups is 1. The zero-order valence-corrected chi connectivity index (χ0v) is 35.2. The number of hydrogen-bond acceptors (Lipinski definition) is 9. The molecule has 1 fully saturated rings. The predicted octanol–water partition coefficient (Wildman–Crippen LogP) is 10.2. The number of aliphatic hydroxyl groups is 2. The molecule has 316 valence electrons. The molecular weight excluding hydrogens is 745 g/mol. The summed E-state index contributed by atoms with van der Waals surface area (Å²) in [4.78, 5) is 21.6. The molecule has 2 N–H and O–H groups in total. The molecule has 6 rings (SSSR count). The number of amides is 1. The SMILES string of the molecule is C=CCCOC(=O)N(C)C1CC(=NOC(C)(C)C)C2=CC(CCCCO)C(CCCCO)C3c4cc(Oc5ccc(-c6ccccc6)cc5)ccc4OC1(OCC=C)C23. The van der Waals surface area contributed by atoms with E-state index in [-0.39, 0.29) is 50.6 Å². The van der Waals surface area contributed by atoms with E-state index in [4.69, 9.17) is 28.9 Å². The lowest BCUT2D eigenvalue weighted by Gasteiger charge is -2.59. The van der Waals surface area contributed by atoms with E-state index < -0.39 is 29.4 Å². The third-order valence-corrected chi connectivity index (χ3v) is 11.6. The van der Waals surface area contributed by atoms with Crippen LogP contribution < -0.4 is 9.47 Å². The van der Waals surface area contributed by atoms with Crippen molar-refractivity contribution in [2.45, 2.75) is 95.5 Å². The largest absolute Gasteiger partial charge is 0.459 e. The highest BCUT2D eigenvalue weighted by molar-refractivity contribution is 6.03. The Morgan fingerprint density at radius 2 is 1.63 bits per heavy atom. The number of benzene rings is 3. The first-order valence-electron chi connectivity index (χ1n) is 21.1. The van der Waals surface area contributed by atoms with Gasteiger partial charge in [0.15, 0.2) is 0 Å². The van der Waals surface area contributed by atoms with Gasteiger partial charge in [-0.25, -0.2) is 4.79 Å². The molecule has 10 heteroatoms. The van der Waals surface area contributed by atoms with Gasteiger partial charge in [0, 0.05) is 38.2 Å². The number of likely N-dealkylation sites (N-methyl/N-ethyl adjacent to an activating group) is 1. The van der Waals surface area contributed by atoms with Gasteiger partial charge in [0.2, 0.25) is 5.79 Å². The van der Waals surface area contributed by atoms with Crippen LogP contribution in [-0.4, -0.2) is 77.8 Å². The van der Waals surface area contributed by atoms with E-state index in [1.165, 1.54) is 0 Å². The van der Waals surface area contributed by atoms with Crippen LogP contribution >= 0.6 is 0 Å².